The maximum absolute atomic E-state index is 4.36. The molecule has 0 saturated heterocycles. The first-order valence-electron chi connectivity index (χ1n) is 5.87. The Labute approximate surface area is 104 Å². The van der Waals surface area contributed by atoms with E-state index in [1.54, 1.807) is 0 Å². The van der Waals surface area contributed by atoms with E-state index in [9.17, 15) is 0 Å². The summed E-state index contributed by atoms with van der Waals surface area (Å²) in [6, 6.07) is 0. The zero-order valence-corrected chi connectivity index (χ0v) is 11.7. The van der Waals surface area contributed by atoms with Crippen molar-refractivity contribution in [2.45, 2.75) is 27.7 Å². The summed E-state index contributed by atoms with van der Waals surface area (Å²) < 4.78 is 0. The summed E-state index contributed by atoms with van der Waals surface area (Å²) in [6.45, 7) is 10.1. The molecular formula is C12H23N5. The zero-order chi connectivity index (χ0) is 13.1. The standard InChI is InChI=1S/C12H23N5/c1-9-10(2)15-16-11(14-9)13-7-12(3,4)8-17(5)6/h7-8H2,1-6H3,(H,13,14,16). The van der Waals surface area contributed by atoms with Crippen LogP contribution in [0, 0.1) is 19.3 Å². The van der Waals surface area contributed by atoms with Crippen molar-refractivity contribution in [2.75, 3.05) is 32.5 Å². The summed E-state index contributed by atoms with van der Waals surface area (Å²) in [5.41, 5.74) is 1.97. The molecule has 17 heavy (non-hydrogen) atoms. The van der Waals surface area contributed by atoms with Gasteiger partial charge in [0.25, 0.3) is 0 Å². The summed E-state index contributed by atoms with van der Waals surface area (Å²) in [7, 11) is 4.16. The number of aryl methyl sites for hydroxylation is 2. The molecule has 96 valence electrons. The number of hydrogen-bond donors (Lipinski definition) is 1. The lowest BCUT2D eigenvalue weighted by atomic mass is 9.93. The third-order valence-electron chi connectivity index (χ3n) is 2.56. The Kier molecular flexibility index (Phi) is 4.40. The van der Waals surface area contributed by atoms with Crippen LogP contribution in [0.4, 0.5) is 5.95 Å². The first kappa shape index (κ1) is 13.8. The smallest absolute Gasteiger partial charge is 0.242 e. The van der Waals surface area contributed by atoms with Crippen molar-refractivity contribution in [2.24, 2.45) is 5.41 Å². The Bertz CT molecular complexity index is 373. The highest BCUT2D eigenvalue weighted by Gasteiger charge is 2.19. The normalized spacial score (nSPS) is 11.9. The Morgan fingerprint density at radius 2 is 1.76 bits per heavy atom. The largest absolute Gasteiger partial charge is 0.352 e. The lowest BCUT2D eigenvalue weighted by Gasteiger charge is -2.28. The van der Waals surface area contributed by atoms with E-state index in [2.05, 4.69) is 53.3 Å². The average Bonchev–Trinajstić information content (AvgIpc) is 2.18. The minimum atomic E-state index is 0.172. The fraction of sp³-hybridized carbons (Fsp3) is 0.750. The molecule has 1 aromatic heterocycles. The molecule has 0 spiro atoms. The van der Waals surface area contributed by atoms with Crippen LogP contribution in [0.3, 0.4) is 0 Å². The van der Waals surface area contributed by atoms with Gasteiger partial charge in [-0.1, -0.05) is 13.8 Å². The number of aromatic nitrogens is 3. The molecule has 0 fully saturated rings. The molecule has 5 nitrogen and oxygen atoms in total. The maximum Gasteiger partial charge on any atom is 0.242 e. The second kappa shape index (κ2) is 5.40. The summed E-state index contributed by atoms with van der Waals surface area (Å²) in [6.07, 6.45) is 0. The highest BCUT2D eigenvalue weighted by Crippen LogP contribution is 2.16. The van der Waals surface area contributed by atoms with Crippen molar-refractivity contribution < 1.29 is 0 Å². The van der Waals surface area contributed by atoms with E-state index in [4.69, 9.17) is 0 Å². The van der Waals surface area contributed by atoms with Crippen molar-refractivity contribution in [3.05, 3.63) is 11.4 Å². The summed E-state index contributed by atoms with van der Waals surface area (Å²) in [5.74, 6) is 0.611. The molecule has 0 aliphatic carbocycles. The second-order valence-electron chi connectivity index (χ2n) is 5.56. The molecule has 0 bridgehead atoms. The van der Waals surface area contributed by atoms with Crippen molar-refractivity contribution in [3.8, 4) is 0 Å². The van der Waals surface area contributed by atoms with Gasteiger partial charge in [0.2, 0.25) is 5.95 Å². The molecule has 0 amide bonds. The number of nitrogens with zero attached hydrogens (tertiary/aromatic N) is 4. The van der Waals surface area contributed by atoms with Crippen LogP contribution in [-0.2, 0) is 0 Å². The maximum atomic E-state index is 4.36. The van der Waals surface area contributed by atoms with E-state index in [0.717, 1.165) is 24.5 Å². The molecule has 0 aromatic carbocycles. The van der Waals surface area contributed by atoms with Gasteiger partial charge in [0.05, 0.1) is 11.4 Å². The molecule has 0 unspecified atom stereocenters. The van der Waals surface area contributed by atoms with Crippen molar-refractivity contribution in [3.63, 3.8) is 0 Å². The predicted molar refractivity (Wildman–Crippen MR) is 70.1 cm³/mol. The van der Waals surface area contributed by atoms with Gasteiger partial charge in [-0.05, 0) is 33.4 Å². The van der Waals surface area contributed by atoms with Gasteiger partial charge >= 0.3 is 0 Å². The van der Waals surface area contributed by atoms with Crippen LogP contribution in [0.1, 0.15) is 25.2 Å². The molecule has 1 heterocycles. The number of anilines is 1. The molecule has 0 aliphatic rings. The molecule has 1 aromatic rings. The Morgan fingerprint density at radius 1 is 1.12 bits per heavy atom. The molecule has 0 atom stereocenters. The van der Waals surface area contributed by atoms with Gasteiger partial charge in [-0.25, -0.2) is 4.98 Å². The number of rotatable bonds is 5. The van der Waals surface area contributed by atoms with Gasteiger partial charge in [0, 0.05) is 13.1 Å². The van der Waals surface area contributed by atoms with E-state index >= 15 is 0 Å². The highest BCUT2D eigenvalue weighted by atomic mass is 15.2. The average molecular weight is 237 g/mol. The van der Waals surface area contributed by atoms with Crippen LogP contribution in [0.5, 0.6) is 0 Å². The van der Waals surface area contributed by atoms with Crippen LogP contribution in [0.15, 0.2) is 0 Å². The van der Waals surface area contributed by atoms with E-state index in [1.165, 1.54) is 0 Å². The fourth-order valence-corrected chi connectivity index (χ4v) is 1.76. The molecular weight excluding hydrogens is 214 g/mol. The quantitative estimate of drug-likeness (QED) is 0.841. The van der Waals surface area contributed by atoms with Gasteiger partial charge in [-0.3, -0.25) is 0 Å². The Balaban J connectivity index is 2.58. The number of hydrogen-bond acceptors (Lipinski definition) is 5. The van der Waals surface area contributed by atoms with Crippen molar-refractivity contribution in [1.29, 1.82) is 0 Å². The molecule has 0 aliphatic heterocycles. The van der Waals surface area contributed by atoms with Crippen LogP contribution in [0.2, 0.25) is 0 Å². The third-order valence-corrected chi connectivity index (χ3v) is 2.56. The fourth-order valence-electron chi connectivity index (χ4n) is 1.76. The van der Waals surface area contributed by atoms with Gasteiger partial charge in [0.15, 0.2) is 0 Å². The van der Waals surface area contributed by atoms with E-state index in [-0.39, 0.29) is 5.41 Å². The lowest BCUT2D eigenvalue weighted by molar-refractivity contribution is 0.254. The molecule has 0 saturated carbocycles. The topological polar surface area (TPSA) is 53.9 Å². The van der Waals surface area contributed by atoms with Crippen LogP contribution < -0.4 is 5.32 Å². The predicted octanol–water partition coefficient (Wildman–Crippen LogP) is 1.49. The van der Waals surface area contributed by atoms with Crippen molar-refractivity contribution in [1.82, 2.24) is 20.1 Å². The summed E-state index contributed by atoms with van der Waals surface area (Å²) in [4.78, 5) is 6.54. The monoisotopic (exact) mass is 237 g/mol. The molecule has 1 N–H and O–H groups in total. The molecule has 5 heteroatoms. The Hall–Kier alpha value is -1.23. The van der Waals surface area contributed by atoms with Gasteiger partial charge in [-0.2, -0.15) is 5.10 Å². The summed E-state index contributed by atoms with van der Waals surface area (Å²) >= 11 is 0. The molecule has 1 rings (SSSR count). The minimum Gasteiger partial charge on any atom is -0.352 e. The van der Waals surface area contributed by atoms with E-state index in [1.807, 2.05) is 13.8 Å². The second-order valence-corrected chi connectivity index (χ2v) is 5.56. The van der Waals surface area contributed by atoms with Gasteiger partial charge in [-0.15, -0.1) is 5.10 Å². The van der Waals surface area contributed by atoms with E-state index < -0.39 is 0 Å². The van der Waals surface area contributed by atoms with E-state index in [0.29, 0.717) is 5.95 Å². The van der Waals surface area contributed by atoms with Crippen LogP contribution in [-0.4, -0.2) is 47.3 Å². The van der Waals surface area contributed by atoms with Crippen LogP contribution in [0.25, 0.3) is 0 Å². The summed E-state index contributed by atoms with van der Waals surface area (Å²) in [5, 5.41) is 11.3. The SMILES string of the molecule is Cc1nnc(NCC(C)(C)CN(C)C)nc1C. The third kappa shape index (κ3) is 4.65. The zero-order valence-electron chi connectivity index (χ0n) is 11.7. The molecule has 0 radical (unpaired) electrons. The van der Waals surface area contributed by atoms with Gasteiger partial charge in [0.1, 0.15) is 0 Å². The minimum absolute atomic E-state index is 0.172. The highest BCUT2D eigenvalue weighted by molar-refractivity contribution is 5.25. The van der Waals surface area contributed by atoms with Crippen LogP contribution >= 0.6 is 0 Å². The number of nitrogens with one attached hydrogen (secondary N) is 1. The Morgan fingerprint density at radius 3 is 2.29 bits per heavy atom. The lowest BCUT2D eigenvalue weighted by Crippen LogP contribution is -2.34. The first-order chi connectivity index (χ1) is 7.80. The van der Waals surface area contributed by atoms with Crippen molar-refractivity contribution >= 4 is 5.95 Å². The van der Waals surface area contributed by atoms with Gasteiger partial charge < -0.3 is 10.2 Å². The first-order valence-corrected chi connectivity index (χ1v) is 5.87.